The molecular formula is C12H18BrClO. The summed E-state index contributed by atoms with van der Waals surface area (Å²) in [5.74, 6) is 0.246. The largest absolute Gasteiger partial charge is 0.506 e. The van der Waals surface area contributed by atoms with Crippen LogP contribution in [0.25, 0.3) is 0 Å². The minimum absolute atomic E-state index is 0.000579. The van der Waals surface area contributed by atoms with E-state index in [0.29, 0.717) is 16.8 Å². The summed E-state index contributed by atoms with van der Waals surface area (Å²) in [6, 6.07) is 0. The van der Waals surface area contributed by atoms with Gasteiger partial charge >= 0.3 is 0 Å². The van der Waals surface area contributed by atoms with Crippen LogP contribution < -0.4 is 0 Å². The van der Waals surface area contributed by atoms with Gasteiger partial charge in [0.15, 0.2) is 0 Å². The van der Waals surface area contributed by atoms with Crippen molar-refractivity contribution in [1.82, 2.24) is 0 Å². The van der Waals surface area contributed by atoms with E-state index in [9.17, 15) is 5.11 Å². The van der Waals surface area contributed by atoms with Crippen molar-refractivity contribution in [2.75, 3.05) is 5.33 Å². The molecule has 1 N–H and O–H groups in total. The first kappa shape index (κ1) is 13.1. The van der Waals surface area contributed by atoms with Crippen LogP contribution in [0.1, 0.15) is 34.1 Å². The average molecular weight is 294 g/mol. The maximum atomic E-state index is 9.78. The summed E-state index contributed by atoms with van der Waals surface area (Å²) in [5.41, 5.74) is 1.02. The fourth-order valence-corrected chi connectivity index (χ4v) is 2.49. The highest BCUT2D eigenvalue weighted by molar-refractivity contribution is 9.09. The van der Waals surface area contributed by atoms with Gasteiger partial charge in [0.05, 0.1) is 5.03 Å². The van der Waals surface area contributed by atoms with Gasteiger partial charge in [0.1, 0.15) is 5.76 Å². The lowest BCUT2D eigenvalue weighted by atomic mass is 9.63. The molecule has 0 aliphatic heterocycles. The van der Waals surface area contributed by atoms with Gasteiger partial charge in [0.25, 0.3) is 0 Å². The Morgan fingerprint density at radius 2 is 2.07 bits per heavy atom. The normalized spacial score (nSPS) is 28.0. The van der Waals surface area contributed by atoms with Gasteiger partial charge in [-0.15, -0.1) is 0 Å². The van der Waals surface area contributed by atoms with Crippen molar-refractivity contribution < 1.29 is 5.11 Å². The predicted octanol–water partition coefficient (Wildman–Crippen LogP) is 4.77. The third-order valence-corrected chi connectivity index (χ3v) is 4.35. The fourth-order valence-electron chi connectivity index (χ4n) is 1.67. The van der Waals surface area contributed by atoms with Crippen molar-refractivity contribution in [3.8, 4) is 0 Å². The lowest BCUT2D eigenvalue weighted by Crippen LogP contribution is -2.33. The first-order valence-corrected chi connectivity index (χ1v) is 6.57. The second-order valence-corrected chi connectivity index (χ2v) is 6.42. The van der Waals surface area contributed by atoms with Crippen LogP contribution in [0.15, 0.2) is 22.4 Å². The molecule has 1 atom stereocenters. The number of halogens is 2. The lowest BCUT2D eigenvalue weighted by Gasteiger charge is -2.42. The molecule has 1 aliphatic carbocycles. The zero-order valence-corrected chi connectivity index (χ0v) is 12.0. The molecular weight excluding hydrogens is 275 g/mol. The Bertz CT molecular complexity index is 325. The standard InChI is InChI=1S/C12H18BrClO/c1-11(2,3)12(4)5-8(7-13)10(15)9(14)6-12/h5,15H,6-7H2,1-4H3. The molecule has 1 unspecified atom stereocenters. The molecule has 0 saturated carbocycles. The summed E-state index contributed by atoms with van der Waals surface area (Å²) in [6.07, 6.45) is 2.85. The first-order chi connectivity index (χ1) is 6.71. The van der Waals surface area contributed by atoms with Gasteiger partial charge in [0.2, 0.25) is 0 Å². The summed E-state index contributed by atoms with van der Waals surface area (Å²) < 4.78 is 0. The topological polar surface area (TPSA) is 20.2 Å². The Kier molecular flexibility index (Phi) is 3.62. The Labute approximate surface area is 105 Å². The molecule has 0 spiro atoms. The van der Waals surface area contributed by atoms with Crippen LogP contribution in [0.4, 0.5) is 0 Å². The summed E-state index contributed by atoms with van der Waals surface area (Å²) in [7, 11) is 0. The molecule has 15 heavy (non-hydrogen) atoms. The van der Waals surface area contributed by atoms with Crippen LogP contribution in [0, 0.1) is 10.8 Å². The second kappa shape index (κ2) is 4.14. The number of hydrogen-bond acceptors (Lipinski definition) is 1. The minimum Gasteiger partial charge on any atom is -0.506 e. The van der Waals surface area contributed by atoms with Crippen LogP contribution in [-0.2, 0) is 0 Å². The van der Waals surface area contributed by atoms with Crippen LogP contribution in [0.2, 0.25) is 0 Å². The number of alkyl halides is 1. The Hall–Kier alpha value is 0.0500. The van der Waals surface area contributed by atoms with E-state index in [0.717, 1.165) is 5.57 Å². The first-order valence-electron chi connectivity index (χ1n) is 5.07. The van der Waals surface area contributed by atoms with E-state index in [1.54, 1.807) is 0 Å². The molecule has 0 aromatic heterocycles. The van der Waals surface area contributed by atoms with Gasteiger partial charge in [-0.25, -0.2) is 0 Å². The maximum Gasteiger partial charge on any atom is 0.133 e. The van der Waals surface area contributed by atoms with Crippen molar-refractivity contribution in [2.24, 2.45) is 10.8 Å². The Morgan fingerprint density at radius 1 is 1.53 bits per heavy atom. The van der Waals surface area contributed by atoms with E-state index in [1.807, 2.05) is 0 Å². The summed E-state index contributed by atoms with van der Waals surface area (Å²) in [5, 5.41) is 11.0. The minimum atomic E-state index is -0.000579. The number of aliphatic hydroxyl groups is 1. The molecule has 1 aliphatic rings. The highest BCUT2D eigenvalue weighted by Gasteiger charge is 2.39. The number of rotatable bonds is 1. The second-order valence-electron chi connectivity index (χ2n) is 5.40. The summed E-state index contributed by atoms with van der Waals surface area (Å²) in [6.45, 7) is 8.77. The number of hydrogen-bond donors (Lipinski definition) is 1. The zero-order valence-electron chi connectivity index (χ0n) is 9.69. The fraction of sp³-hybridized carbons (Fsp3) is 0.667. The molecule has 1 rings (SSSR count). The number of allylic oxidation sites excluding steroid dienone is 3. The van der Waals surface area contributed by atoms with Crippen LogP contribution in [0.3, 0.4) is 0 Å². The maximum absolute atomic E-state index is 9.78. The van der Waals surface area contributed by atoms with Crippen molar-refractivity contribution in [3.63, 3.8) is 0 Å². The Morgan fingerprint density at radius 3 is 2.47 bits per heavy atom. The molecule has 0 bridgehead atoms. The highest BCUT2D eigenvalue weighted by Crippen LogP contribution is 2.49. The van der Waals surface area contributed by atoms with E-state index in [4.69, 9.17) is 11.6 Å². The summed E-state index contributed by atoms with van der Waals surface area (Å²) >= 11 is 9.48. The predicted molar refractivity (Wildman–Crippen MR) is 69.6 cm³/mol. The van der Waals surface area contributed by atoms with E-state index in [2.05, 4.69) is 49.7 Å². The molecule has 86 valence electrons. The average Bonchev–Trinajstić information content (AvgIpc) is 2.09. The van der Waals surface area contributed by atoms with Gasteiger partial charge in [-0.1, -0.05) is 61.3 Å². The van der Waals surface area contributed by atoms with Crippen molar-refractivity contribution in [2.45, 2.75) is 34.1 Å². The lowest BCUT2D eigenvalue weighted by molar-refractivity contribution is 0.163. The molecule has 0 aromatic rings. The van der Waals surface area contributed by atoms with Crippen molar-refractivity contribution >= 4 is 27.5 Å². The van der Waals surface area contributed by atoms with E-state index < -0.39 is 0 Å². The molecule has 0 aromatic carbocycles. The van der Waals surface area contributed by atoms with Gasteiger partial charge in [-0.2, -0.15) is 0 Å². The van der Waals surface area contributed by atoms with Gasteiger partial charge in [-0.05, 0) is 17.3 Å². The smallest absolute Gasteiger partial charge is 0.133 e. The van der Waals surface area contributed by atoms with E-state index in [-0.39, 0.29) is 16.6 Å². The molecule has 0 radical (unpaired) electrons. The van der Waals surface area contributed by atoms with Gasteiger partial charge in [0, 0.05) is 10.9 Å². The molecule has 3 heteroatoms. The molecule has 1 nitrogen and oxygen atoms in total. The zero-order chi connectivity index (χ0) is 11.9. The van der Waals surface area contributed by atoms with E-state index >= 15 is 0 Å². The van der Waals surface area contributed by atoms with Crippen molar-refractivity contribution in [3.05, 3.63) is 22.4 Å². The van der Waals surface area contributed by atoms with Crippen LogP contribution >= 0.6 is 27.5 Å². The third kappa shape index (κ3) is 2.42. The van der Waals surface area contributed by atoms with E-state index in [1.165, 1.54) is 0 Å². The Balaban J connectivity index is 3.17. The SMILES string of the molecule is CC(C)(C)C1(C)C=C(CBr)C(O)=C(Cl)C1. The van der Waals surface area contributed by atoms with Gasteiger partial charge in [-0.3, -0.25) is 0 Å². The third-order valence-electron chi connectivity index (χ3n) is 3.43. The number of aliphatic hydroxyl groups excluding tert-OH is 1. The highest BCUT2D eigenvalue weighted by atomic mass is 79.9. The molecule has 0 amide bonds. The van der Waals surface area contributed by atoms with Crippen LogP contribution in [0.5, 0.6) is 0 Å². The van der Waals surface area contributed by atoms with Crippen molar-refractivity contribution in [1.29, 1.82) is 0 Å². The van der Waals surface area contributed by atoms with Crippen LogP contribution in [-0.4, -0.2) is 10.4 Å². The monoisotopic (exact) mass is 292 g/mol. The molecule has 0 saturated heterocycles. The molecule has 0 fully saturated rings. The van der Waals surface area contributed by atoms with Gasteiger partial charge < -0.3 is 5.11 Å². The molecule has 0 heterocycles. The summed E-state index contributed by atoms with van der Waals surface area (Å²) in [4.78, 5) is 0. The quantitative estimate of drug-likeness (QED) is 0.690.